The van der Waals surface area contributed by atoms with Crippen LogP contribution in [0.4, 0.5) is 0 Å². The summed E-state index contributed by atoms with van der Waals surface area (Å²) in [5, 5.41) is 31.7. The number of aliphatic hydroxyl groups excluding tert-OH is 1. The molecule has 8 heteroatoms. The standard InChI is InChI=1S/C34H52N6OS/c1-5-26-16-29-18-34(17-26,14-13-32(29)39-20-27-9-11-31(41)12-10-27)23-40-24(3)30(19-35)22-38-25(4)37-21-28-8-7-15-36-33(28)42-6-2/h7-8,15,22,26-27,29,31-32,37,39-41H,4-6,9-14,16-18,20-21,23H2,1-3H3/b30-24+,38-22-/t26?,27?,29-,31?,32+,34-/m0/s1. The lowest BCUT2D eigenvalue weighted by molar-refractivity contribution is 0.0162. The number of hydrogen-bond donors (Lipinski definition) is 4. The number of fused-ring (bicyclic) bond motifs is 2. The van der Waals surface area contributed by atoms with Crippen molar-refractivity contribution in [2.24, 2.45) is 28.2 Å². The molecule has 230 valence electrons. The summed E-state index contributed by atoms with van der Waals surface area (Å²) in [7, 11) is 0. The monoisotopic (exact) mass is 592 g/mol. The molecule has 0 spiro atoms. The van der Waals surface area contributed by atoms with Crippen LogP contribution in [0.15, 0.2) is 52.0 Å². The number of nitriles is 1. The van der Waals surface area contributed by atoms with Gasteiger partial charge >= 0.3 is 0 Å². The summed E-state index contributed by atoms with van der Waals surface area (Å²) in [5.74, 6) is 3.70. The first-order chi connectivity index (χ1) is 20.3. The first-order valence-electron chi connectivity index (χ1n) is 16.1. The van der Waals surface area contributed by atoms with Crippen LogP contribution in [0.3, 0.4) is 0 Å². The number of thioether (sulfide) groups is 1. The van der Waals surface area contributed by atoms with Gasteiger partial charge in [0.05, 0.1) is 11.7 Å². The van der Waals surface area contributed by atoms with Crippen LogP contribution in [0.2, 0.25) is 0 Å². The Balaban J connectivity index is 1.31. The average molecular weight is 593 g/mol. The summed E-state index contributed by atoms with van der Waals surface area (Å²) < 4.78 is 0. The molecule has 42 heavy (non-hydrogen) atoms. The van der Waals surface area contributed by atoms with Gasteiger partial charge in [0.15, 0.2) is 0 Å². The summed E-state index contributed by atoms with van der Waals surface area (Å²) in [6, 6.07) is 6.95. The number of aliphatic hydroxyl groups is 1. The van der Waals surface area contributed by atoms with Crippen molar-refractivity contribution in [3.8, 4) is 6.07 Å². The quantitative estimate of drug-likeness (QED) is 0.114. The van der Waals surface area contributed by atoms with E-state index in [1.807, 2.05) is 19.2 Å². The maximum Gasteiger partial charge on any atom is 0.118 e. The van der Waals surface area contributed by atoms with E-state index in [4.69, 9.17) is 0 Å². The second-order valence-corrected chi connectivity index (χ2v) is 14.1. The van der Waals surface area contributed by atoms with E-state index >= 15 is 0 Å². The zero-order chi connectivity index (χ0) is 30.0. The van der Waals surface area contributed by atoms with Crippen LogP contribution in [-0.2, 0) is 6.54 Å². The molecule has 0 aliphatic heterocycles. The highest BCUT2D eigenvalue weighted by Gasteiger charge is 2.46. The predicted molar refractivity (Wildman–Crippen MR) is 174 cm³/mol. The van der Waals surface area contributed by atoms with Crippen LogP contribution in [0.25, 0.3) is 0 Å². The normalized spacial score (nSPS) is 29.9. The molecule has 3 saturated carbocycles. The van der Waals surface area contributed by atoms with Crippen molar-refractivity contribution < 1.29 is 5.11 Å². The molecule has 4 rings (SSSR count). The number of allylic oxidation sites excluding steroid dienone is 2. The molecule has 1 aromatic rings. The topological polar surface area (TPSA) is 105 Å². The maximum absolute atomic E-state index is 9.90. The Hall–Kier alpha value is -2.34. The Bertz CT molecular complexity index is 1140. The minimum atomic E-state index is -0.0796. The smallest absolute Gasteiger partial charge is 0.118 e. The Morgan fingerprint density at radius 3 is 2.76 bits per heavy atom. The molecule has 1 unspecified atom stereocenters. The van der Waals surface area contributed by atoms with Gasteiger partial charge in [-0.15, -0.1) is 11.8 Å². The molecule has 1 aromatic heterocycles. The van der Waals surface area contributed by atoms with Crippen LogP contribution in [0, 0.1) is 34.5 Å². The van der Waals surface area contributed by atoms with Gasteiger partial charge in [0.2, 0.25) is 0 Å². The van der Waals surface area contributed by atoms with E-state index in [0.29, 0.717) is 35.3 Å². The fourth-order valence-electron chi connectivity index (χ4n) is 7.37. The van der Waals surface area contributed by atoms with E-state index in [0.717, 1.165) is 72.6 Å². The van der Waals surface area contributed by atoms with Crippen LogP contribution in [0.5, 0.6) is 0 Å². The highest BCUT2D eigenvalue weighted by atomic mass is 32.2. The van der Waals surface area contributed by atoms with Gasteiger partial charge in [-0.2, -0.15) is 5.26 Å². The van der Waals surface area contributed by atoms with Gasteiger partial charge in [0.1, 0.15) is 16.9 Å². The molecule has 0 saturated heterocycles. The third-order valence-corrected chi connectivity index (χ3v) is 10.8. The van der Waals surface area contributed by atoms with E-state index < -0.39 is 0 Å². The third-order valence-electron chi connectivity index (χ3n) is 9.89. The number of nitrogens with one attached hydrogen (secondary N) is 3. The minimum absolute atomic E-state index is 0.0796. The van der Waals surface area contributed by atoms with E-state index in [1.165, 1.54) is 38.5 Å². The molecule has 2 bridgehead atoms. The molecule has 0 aromatic carbocycles. The van der Waals surface area contributed by atoms with Gasteiger partial charge in [-0.1, -0.05) is 32.9 Å². The highest BCUT2D eigenvalue weighted by molar-refractivity contribution is 7.99. The predicted octanol–water partition coefficient (Wildman–Crippen LogP) is 6.33. The SMILES string of the molecule is C=C(/N=C\C(C#N)=C(/C)NC[C@@]12CC[C@@H](NCC3CCC(O)CC3)[C@@H](CC(CC)C1)C2)NCc1cccnc1SCC. The Kier molecular flexibility index (Phi) is 12.4. The van der Waals surface area contributed by atoms with Crippen molar-refractivity contribution in [1.82, 2.24) is 20.9 Å². The summed E-state index contributed by atoms with van der Waals surface area (Å²) in [6.07, 6.45) is 15.2. The van der Waals surface area contributed by atoms with E-state index in [1.54, 1.807) is 18.0 Å². The van der Waals surface area contributed by atoms with Crippen molar-refractivity contribution >= 4 is 18.0 Å². The number of hydrogen-bond acceptors (Lipinski definition) is 8. The van der Waals surface area contributed by atoms with Crippen LogP contribution in [-0.4, -0.2) is 47.3 Å². The lowest BCUT2D eigenvalue weighted by Gasteiger charge is -2.52. The van der Waals surface area contributed by atoms with Gasteiger partial charge < -0.3 is 21.1 Å². The Morgan fingerprint density at radius 1 is 1.21 bits per heavy atom. The minimum Gasteiger partial charge on any atom is -0.393 e. The van der Waals surface area contributed by atoms with Crippen molar-refractivity contribution in [3.63, 3.8) is 0 Å². The molecule has 4 N–H and O–H groups in total. The lowest BCUT2D eigenvalue weighted by Crippen LogP contribution is -2.52. The van der Waals surface area contributed by atoms with Crippen LogP contribution >= 0.6 is 11.8 Å². The lowest BCUT2D eigenvalue weighted by atomic mass is 9.57. The first-order valence-corrected chi connectivity index (χ1v) is 17.1. The molecular formula is C34H52N6OS. The summed E-state index contributed by atoms with van der Waals surface area (Å²) in [6.45, 7) is 13.1. The molecule has 7 nitrogen and oxygen atoms in total. The Labute approximate surface area is 258 Å². The fourth-order valence-corrected chi connectivity index (χ4v) is 8.10. The van der Waals surface area contributed by atoms with E-state index in [2.05, 4.69) is 58.5 Å². The van der Waals surface area contributed by atoms with Crippen LogP contribution < -0.4 is 16.0 Å². The molecule has 3 fully saturated rings. The highest BCUT2D eigenvalue weighted by Crippen LogP contribution is 2.51. The molecule has 0 amide bonds. The fraction of sp³-hybridized carbons (Fsp3) is 0.676. The second kappa shape index (κ2) is 15.9. The van der Waals surface area contributed by atoms with Crippen LogP contribution in [0.1, 0.15) is 90.5 Å². The third kappa shape index (κ3) is 9.08. The average Bonchev–Trinajstić information content (AvgIpc) is 3.00. The number of pyridine rings is 1. The van der Waals surface area contributed by atoms with Gasteiger partial charge in [-0.3, -0.25) is 0 Å². The molecule has 1 heterocycles. The van der Waals surface area contributed by atoms with Gasteiger partial charge in [-0.05, 0) is 106 Å². The summed E-state index contributed by atoms with van der Waals surface area (Å²) in [5.41, 5.74) is 2.83. The number of aromatic nitrogens is 1. The summed E-state index contributed by atoms with van der Waals surface area (Å²) >= 11 is 1.72. The summed E-state index contributed by atoms with van der Waals surface area (Å²) in [4.78, 5) is 8.93. The van der Waals surface area contributed by atoms with Gasteiger partial charge in [0.25, 0.3) is 0 Å². The maximum atomic E-state index is 9.90. The van der Waals surface area contributed by atoms with Crippen molar-refractivity contribution in [2.75, 3.05) is 18.8 Å². The molecule has 4 atom stereocenters. The van der Waals surface area contributed by atoms with Crippen molar-refractivity contribution in [3.05, 3.63) is 47.6 Å². The van der Waals surface area contributed by atoms with Crippen molar-refractivity contribution in [1.29, 1.82) is 5.26 Å². The molecule has 0 radical (unpaired) electrons. The first kappa shape index (κ1) is 32.6. The van der Waals surface area contributed by atoms with Crippen molar-refractivity contribution in [2.45, 2.75) is 109 Å². The van der Waals surface area contributed by atoms with E-state index in [-0.39, 0.29) is 6.10 Å². The Morgan fingerprint density at radius 2 is 2.02 bits per heavy atom. The second-order valence-electron chi connectivity index (χ2n) is 12.9. The zero-order valence-electron chi connectivity index (χ0n) is 26.0. The molecular weight excluding hydrogens is 540 g/mol. The number of aliphatic imine (C=N–C) groups is 1. The van der Waals surface area contributed by atoms with E-state index in [9.17, 15) is 10.4 Å². The largest absolute Gasteiger partial charge is 0.393 e. The van der Waals surface area contributed by atoms with Gasteiger partial charge in [-0.25, -0.2) is 9.98 Å². The molecule has 3 aliphatic carbocycles. The van der Waals surface area contributed by atoms with Gasteiger partial charge in [0, 0.05) is 42.8 Å². The number of rotatable bonds is 14. The zero-order valence-corrected chi connectivity index (χ0v) is 26.8. The molecule has 3 aliphatic rings. The number of nitrogens with zero attached hydrogens (tertiary/aromatic N) is 3.